The highest BCUT2D eigenvalue weighted by atomic mass is 16.7. The topological polar surface area (TPSA) is 97.0 Å². The predicted molar refractivity (Wildman–Crippen MR) is 83.6 cm³/mol. The molecule has 0 aromatic carbocycles. The van der Waals surface area contributed by atoms with E-state index in [2.05, 4.69) is 37.8 Å². The fourth-order valence-corrected chi connectivity index (χ4v) is 3.25. The number of rotatable bonds is 6. The molecule has 130 valence electrons. The van der Waals surface area contributed by atoms with Crippen LogP contribution in [0.3, 0.4) is 0 Å². The van der Waals surface area contributed by atoms with Gasteiger partial charge in [0.2, 0.25) is 0 Å². The summed E-state index contributed by atoms with van der Waals surface area (Å²) in [5.41, 5.74) is -1.36. The third-order valence-corrected chi connectivity index (χ3v) is 3.80. The number of hydroxylamine groups is 2. The molecule has 0 amide bonds. The lowest BCUT2D eigenvalue weighted by atomic mass is 9.79. The number of hydrogen-bond acceptors (Lipinski definition) is 7. The molecule has 7 heteroatoms. The van der Waals surface area contributed by atoms with Crippen LogP contribution in [0.1, 0.15) is 54.4 Å². The Hall–Kier alpha value is -0.730. The van der Waals surface area contributed by atoms with Gasteiger partial charge >= 0.3 is 5.97 Å². The zero-order valence-corrected chi connectivity index (χ0v) is 14.6. The summed E-state index contributed by atoms with van der Waals surface area (Å²) in [5, 5.41) is 15.0. The van der Waals surface area contributed by atoms with Gasteiger partial charge in [-0.05, 0) is 54.4 Å². The third kappa shape index (κ3) is 5.48. The molecule has 0 aromatic heterocycles. The molecule has 0 radical (unpaired) electrons. The van der Waals surface area contributed by atoms with Crippen LogP contribution in [0.15, 0.2) is 0 Å². The number of carbonyl (C=O) groups excluding carboxylic acids is 1. The Balaban J connectivity index is 2.73. The summed E-state index contributed by atoms with van der Waals surface area (Å²) >= 11 is 0. The van der Waals surface area contributed by atoms with E-state index in [1.807, 2.05) is 5.06 Å². The first kappa shape index (κ1) is 19.3. The number of hydrogen-bond donors (Lipinski definition) is 3. The molecular formula is C15H31N3O4. The van der Waals surface area contributed by atoms with Crippen LogP contribution in [-0.4, -0.2) is 52.0 Å². The first-order chi connectivity index (χ1) is 9.87. The SMILES string of the molecule is CC(C)(O)CON1C(C)(C)CC(NCC(=O)ON)CC1(C)C. The maximum absolute atomic E-state index is 11.2. The fourth-order valence-electron chi connectivity index (χ4n) is 3.25. The average molecular weight is 317 g/mol. The van der Waals surface area contributed by atoms with E-state index in [0.717, 1.165) is 12.8 Å². The summed E-state index contributed by atoms with van der Waals surface area (Å²) in [6, 6.07) is 0.158. The Labute approximate surface area is 133 Å². The quantitative estimate of drug-likeness (QED) is 0.621. The second-order valence-corrected chi connectivity index (χ2v) is 7.98. The van der Waals surface area contributed by atoms with Crippen molar-refractivity contribution < 1.29 is 19.6 Å². The molecule has 0 unspecified atom stereocenters. The lowest BCUT2D eigenvalue weighted by molar-refractivity contribution is -0.299. The Kier molecular flexibility index (Phi) is 5.97. The molecule has 0 saturated carbocycles. The highest BCUT2D eigenvalue weighted by Crippen LogP contribution is 2.38. The van der Waals surface area contributed by atoms with Crippen LogP contribution in [-0.2, 0) is 14.5 Å². The summed E-state index contributed by atoms with van der Waals surface area (Å²) in [5.74, 6) is 4.38. The molecule has 0 aromatic rings. The van der Waals surface area contributed by atoms with Gasteiger partial charge in [0.05, 0.1) is 18.8 Å². The monoisotopic (exact) mass is 317 g/mol. The van der Waals surface area contributed by atoms with Crippen molar-refractivity contribution >= 4 is 5.97 Å². The van der Waals surface area contributed by atoms with Crippen LogP contribution in [0.25, 0.3) is 0 Å². The van der Waals surface area contributed by atoms with Gasteiger partial charge in [-0.3, -0.25) is 4.84 Å². The molecule has 0 aliphatic carbocycles. The van der Waals surface area contributed by atoms with Gasteiger partial charge in [-0.15, -0.1) is 0 Å². The minimum atomic E-state index is -0.883. The van der Waals surface area contributed by atoms with Crippen molar-refractivity contribution in [1.82, 2.24) is 10.4 Å². The van der Waals surface area contributed by atoms with E-state index < -0.39 is 11.6 Å². The number of nitrogens with zero attached hydrogens (tertiary/aromatic N) is 1. The summed E-state index contributed by atoms with van der Waals surface area (Å²) in [4.78, 5) is 21.3. The summed E-state index contributed by atoms with van der Waals surface area (Å²) in [6.07, 6.45) is 1.61. The Morgan fingerprint density at radius 3 is 2.23 bits per heavy atom. The van der Waals surface area contributed by atoms with Gasteiger partial charge in [0.15, 0.2) is 0 Å². The Morgan fingerprint density at radius 1 is 1.32 bits per heavy atom. The van der Waals surface area contributed by atoms with Crippen LogP contribution >= 0.6 is 0 Å². The molecule has 1 aliphatic heterocycles. The summed E-state index contributed by atoms with van der Waals surface area (Å²) in [7, 11) is 0. The van der Waals surface area contributed by atoms with Gasteiger partial charge in [-0.2, -0.15) is 11.0 Å². The highest BCUT2D eigenvalue weighted by molar-refractivity contribution is 5.71. The molecule has 1 aliphatic rings. The minimum Gasteiger partial charge on any atom is -0.388 e. The van der Waals surface area contributed by atoms with E-state index >= 15 is 0 Å². The molecule has 1 fully saturated rings. The van der Waals surface area contributed by atoms with Gasteiger partial charge in [-0.25, -0.2) is 4.79 Å². The van der Waals surface area contributed by atoms with Crippen LogP contribution in [0.4, 0.5) is 0 Å². The Morgan fingerprint density at radius 2 is 1.82 bits per heavy atom. The maximum Gasteiger partial charge on any atom is 0.338 e. The van der Waals surface area contributed by atoms with Crippen molar-refractivity contribution in [1.29, 1.82) is 0 Å². The summed E-state index contributed by atoms with van der Waals surface area (Å²) in [6.45, 7) is 12.1. The molecular weight excluding hydrogens is 286 g/mol. The lowest BCUT2D eigenvalue weighted by Gasteiger charge is -2.54. The standard InChI is InChI=1S/C15H31N3O4/c1-13(2)7-11(17-9-12(19)22-16)8-14(3,4)18(13)21-10-15(5,6)20/h11,17,20H,7-10,16H2,1-6H3. The van der Waals surface area contributed by atoms with Crippen molar-refractivity contribution in [3.05, 3.63) is 0 Å². The van der Waals surface area contributed by atoms with Gasteiger partial charge < -0.3 is 15.3 Å². The van der Waals surface area contributed by atoms with Crippen LogP contribution < -0.4 is 11.2 Å². The highest BCUT2D eigenvalue weighted by Gasteiger charge is 2.46. The van der Waals surface area contributed by atoms with Crippen molar-refractivity contribution in [3.8, 4) is 0 Å². The van der Waals surface area contributed by atoms with E-state index in [0.29, 0.717) is 0 Å². The second kappa shape index (κ2) is 6.80. The number of nitrogens with one attached hydrogen (secondary N) is 1. The average Bonchev–Trinajstić information content (AvgIpc) is 2.31. The first-order valence-electron chi connectivity index (χ1n) is 7.66. The maximum atomic E-state index is 11.2. The van der Waals surface area contributed by atoms with Crippen LogP contribution in [0.5, 0.6) is 0 Å². The van der Waals surface area contributed by atoms with Gasteiger partial charge in [0, 0.05) is 17.1 Å². The lowest BCUT2D eigenvalue weighted by Crippen LogP contribution is -2.64. The minimum absolute atomic E-state index is 0.0951. The molecule has 7 nitrogen and oxygen atoms in total. The van der Waals surface area contributed by atoms with Gasteiger partial charge in [0.1, 0.15) is 0 Å². The van der Waals surface area contributed by atoms with Gasteiger partial charge in [0.25, 0.3) is 0 Å². The first-order valence-corrected chi connectivity index (χ1v) is 7.66. The van der Waals surface area contributed by atoms with Crippen LogP contribution in [0, 0.1) is 0 Å². The van der Waals surface area contributed by atoms with Crippen molar-refractivity contribution in [3.63, 3.8) is 0 Å². The number of nitrogens with two attached hydrogens (primary N) is 1. The van der Waals surface area contributed by atoms with Crippen molar-refractivity contribution in [2.45, 2.75) is 77.1 Å². The smallest absolute Gasteiger partial charge is 0.338 e. The van der Waals surface area contributed by atoms with Crippen LogP contribution in [0.2, 0.25) is 0 Å². The number of piperidine rings is 1. The zero-order valence-electron chi connectivity index (χ0n) is 14.6. The number of aliphatic hydroxyl groups is 1. The van der Waals surface area contributed by atoms with Gasteiger partial charge in [-0.1, -0.05) is 0 Å². The molecule has 22 heavy (non-hydrogen) atoms. The van der Waals surface area contributed by atoms with Crippen molar-refractivity contribution in [2.24, 2.45) is 5.90 Å². The Bertz CT molecular complexity index is 373. The van der Waals surface area contributed by atoms with Crippen molar-refractivity contribution in [2.75, 3.05) is 13.2 Å². The summed E-state index contributed by atoms with van der Waals surface area (Å²) < 4.78 is 0. The fraction of sp³-hybridized carbons (Fsp3) is 0.933. The molecule has 4 N–H and O–H groups in total. The zero-order chi connectivity index (χ0) is 17.2. The molecule has 1 rings (SSSR count). The molecule has 0 spiro atoms. The number of carbonyl (C=O) groups is 1. The van der Waals surface area contributed by atoms with E-state index in [4.69, 9.17) is 10.7 Å². The normalized spacial score (nSPS) is 22.5. The van der Waals surface area contributed by atoms with E-state index in [1.54, 1.807) is 13.8 Å². The molecule has 0 bridgehead atoms. The third-order valence-electron chi connectivity index (χ3n) is 3.80. The molecule has 1 heterocycles. The predicted octanol–water partition coefficient (Wildman–Crippen LogP) is 0.717. The molecule has 0 atom stereocenters. The van der Waals surface area contributed by atoms with E-state index in [9.17, 15) is 9.90 Å². The molecule has 1 saturated heterocycles. The largest absolute Gasteiger partial charge is 0.388 e. The van der Waals surface area contributed by atoms with E-state index in [1.165, 1.54) is 0 Å². The van der Waals surface area contributed by atoms with E-state index in [-0.39, 0.29) is 30.3 Å². The second-order valence-electron chi connectivity index (χ2n) is 7.98.